The van der Waals surface area contributed by atoms with Gasteiger partial charge in [0, 0.05) is 24.9 Å². The van der Waals surface area contributed by atoms with Gasteiger partial charge < -0.3 is 10.6 Å². The number of hydrogen-bond donors (Lipinski definition) is 2. The van der Waals surface area contributed by atoms with Gasteiger partial charge in [0.25, 0.3) is 0 Å². The molecule has 6 heteroatoms. The largest absolute Gasteiger partial charge is 0.354 e. The molecule has 2 N–H and O–H groups in total. The van der Waals surface area contributed by atoms with Gasteiger partial charge in [-0.3, -0.25) is 4.99 Å². The van der Waals surface area contributed by atoms with Crippen LogP contribution >= 0.6 is 35.7 Å². The molecule has 21 heavy (non-hydrogen) atoms. The summed E-state index contributed by atoms with van der Waals surface area (Å²) >= 11 is 1.95. The fourth-order valence-electron chi connectivity index (χ4n) is 2.46. The van der Waals surface area contributed by atoms with Crippen molar-refractivity contribution in [1.29, 1.82) is 0 Å². The number of nitrogens with zero attached hydrogens (tertiary/aromatic N) is 1. The number of hydrogen-bond acceptors (Lipinski definition) is 2. The summed E-state index contributed by atoms with van der Waals surface area (Å²) in [6.45, 7) is 0.651. The first kappa shape index (κ1) is 18.5. The average Bonchev–Trinajstić information content (AvgIpc) is 2.93. The molecule has 0 aliphatic heterocycles. The standard InChI is InChI=1S/C15H22FN3S.HI/c1-17-15(19-13-7-8-14(9-13)20-2)18-10-11-3-5-12(16)6-4-11;/h3-6,13-14H,7-10H2,1-2H3,(H2,17,18,19);1H. The molecule has 0 aromatic heterocycles. The molecule has 0 amide bonds. The van der Waals surface area contributed by atoms with Crippen molar-refractivity contribution < 1.29 is 4.39 Å². The van der Waals surface area contributed by atoms with Crippen molar-refractivity contribution in [3.8, 4) is 0 Å². The van der Waals surface area contributed by atoms with Crippen LogP contribution in [0.1, 0.15) is 24.8 Å². The quantitative estimate of drug-likeness (QED) is 0.443. The molecule has 1 saturated carbocycles. The molecule has 0 saturated heterocycles. The maximum atomic E-state index is 12.8. The Bertz CT molecular complexity index is 453. The third-order valence-corrected chi connectivity index (χ3v) is 4.75. The molecular weight excluding hydrogens is 400 g/mol. The minimum Gasteiger partial charge on any atom is -0.354 e. The third kappa shape index (κ3) is 6.02. The van der Waals surface area contributed by atoms with Gasteiger partial charge in [0.15, 0.2) is 5.96 Å². The van der Waals surface area contributed by atoms with E-state index < -0.39 is 0 Å². The van der Waals surface area contributed by atoms with E-state index >= 15 is 0 Å². The minimum atomic E-state index is -0.203. The number of benzene rings is 1. The van der Waals surface area contributed by atoms with E-state index in [1.165, 1.54) is 31.4 Å². The van der Waals surface area contributed by atoms with Crippen LogP contribution in [0.2, 0.25) is 0 Å². The zero-order valence-electron chi connectivity index (χ0n) is 12.4. The van der Waals surface area contributed by atoms with E-state index in [-0.39, 0.29) is 29.8 Å². The topological polar surface area (TPSA) is 36.4 Å². The molecule has 3 nitrogen and oxygen atoms in total. The van der Waals surface area contributed by atoms with E-state index in [0.717, 1.165) is 16.8 Å². The van der Waals surface area contributed by atoms with Crippen LogP contribution in [-0.2, 0) is 6.54 Å². The second-order valence-corrected chi connectivity index (χ2v) is 6.20. The summed E-state index contributed by atoms with van der Waals surface area (Å²) in [6.07, 6.45) is 5.84. The molecule has 1 aliphatic carbocycles. The Hall–Kier alpha value is -0.500. The van der Waals surface area contributed by atoms with Crippen LogP contribution in [0.15, 0.2) is 29.3 Å². The SMILES string of the molecule is CN=C(NCc1ccc(F)cc1)NC1CCC(SC)C1.I. The first-order valence-electron chi connectivity index (χ1n) is 6.95. The molecule has 118 valence electrons. The Morgan fingerprint density at radius 3 is 2.62 bits per heavy atom. The summed E-state index contributed by atoms with van der Waals surface area (Å²) in [5, 5.41) is 7.50. The van der Waals surface area contributed by atoms with Gasteiger partial charge in [-0.2, -0.15) is 11.8 Å². The van der Waals surface area contributed by atoms with Crippen LogP contribution in [-0.4, -0.2) is 30.6 Å². The highest BCUT2D eigenvalue weighted by Crippen LogP contribution is 2.27. The zero-order chi connectivity index (χ0) is 14.4. The van der Waals surface area contributed by atoms with Crippen LogP contribution in [0.5, 0.6) is 0 Å². The van der Waals surface area contributed by atoms with Crippen molar-refractivity contribution in [2.75, 3.05) is 13.3 Å². The van der Waals surface area contributed by atoms with Gasteiger partial charge in [-0.25, -0.2) is 4.39 Å². The Balaban J connectivity index is 0.00000220. The molecule has 0 spiro atoms. The molecule has 2 rings (SSSR count). The highest BCUT2D eigenvalue weighted by atomic mass is 127. The van der Waals surface area contributed by atoms with E-state index in [0.29, 0.717) is 12.6 Å². The fraction of sp³-hybridized carbons (Fsp3) is 0.533. The lowest BCUT2D eigenvalue weighted by molar-refractivity contribution is 0.613. The molecule has 1 fully saturated rings. The van der Waals surface area contributed by atoms with Crippen molar-refractivity contribution >= 4 is 41.7 Å². The number of halogens is 2. The van der Waals surface area contributed by atoms with Gasteiger partial charge in [-0.15, -0.1) is 24.0 Å². The molecule has 0 bridgehead atoms. The van der Waals surface area contributed by atoms with E-state index in [2.05, 4.69) is 21.9 Å². The van der Waals surface area contributed by atoms with E-state index in [4.69, 9.17) is 0 Å². The predicted molar refractivity (Wildman–Crippen MR) is 100 cm³/mol. The summed E-state index contributed by atoms with van der Waals surface area (Å²) in [4.78, 5) is 4.25. The lowest BCUT2D eigenvalue weighted by atomic mass is 10.2. The van der Waals surface area contributed by atoms with Crippen LogP contribution in [0.3, 0.4) is 0 Å². The lowest BCUT2D eigenvalue weighted by Gasteiger charge is -2.17. The summed E-state index contributed by atoms with van der Waals surface area (Å²) < 4.78 is 12.8. The first-order chi connectivity index (χ1) is 9.71. The predicted octanol–water partition coefficient (Wildman–Crippen LogP) is 3.39. The zero-order valence-corrected chi connectivity index (χ0v) is 15.6. The van der Waals surface area contributed by atoms with Gasteiger partial charge in [0.1, 0.15) is 5.82 Å². The van der Waals surface area contributed by atoms with Crippen molar-refractivity contribution in [2.45, 2.75) is 37.1 Å². The Morgan fingerprint density at radius 1 is 1.33 bits per heavy atom. The highest BCUT2D eigenvalue weighted by Gasteiger charge is 2.24. The van der Waals surface area contributed by atoms with Crippen LogP contribution in [0, 0.1) is 5.82 Å². The van der Waals surface area contributed by atoms with Crippen molar-refractivity contribution in [1.82, 2.24) is 10.6 Å². The summed E-state index contributed by atoms with van der Waals surface area (Å²) in [5.74, 6) is 0.617. The van der Waals surface area contributed by atoms with Gasteiger partial charge in [0.2, 0.25) is 0 Å². The molecule has 0 radical (unpaired) electrons. The summed E-state index contributed by atoms with van der Waals surface area (Å²) in [6, 6.07) is 7.04. The molecule has 0 heterocycles. The van der Waals surface area contributed by atoms with E-state index in [1.807, 2.05) is 11.8 Å². The summed E-state index contributed by atoms with van der Waals surface area (Å²) in [7, 11) is 1.78. The maximum absolute atomic E-state index is 12.8. The summed E-state index contributed by atoms with van der Waals surface area (Å²) in [5.41, 5.74) is 1.04. The Morgan fingerprint density at radius 2 is 2.05 bits per heavy atom. The molecular formula is C15H23FIN3S. The number of nitrogens with one attached hydrogen (secondary N) is 2. The molecule has 2 atom stereocenters. The van der Waals surface area contributed by atoms with Crippen LogP contribution < -0.4 is 10.6 Å². The van der Waals surface area contributed by atoms with Gasteiger partial charge >= 0.3 is 0 Å². The van der Waals surface area contributed by atoms with Gasteiger partial charge in [0.05, 0.1) is 0 Å². The number of aliphatic imine (C=N–C) groups is 1. The minimum absolute atomic E-state index is 0. The fourth-order valence-corrected chi connectivity index (χ4v) is 3.26. The third-order valence-electron chi connectivity index (χ3n) is 3.66. The Labute approximate surface area is 147 Å². The van der Waals surface area contributed by atoms with E-state index in [1.54, 1.807) is 19.2 Å². The first-order valence-corrected chi connectivity index (χ1v) is 8.24. The molecule has 2 unspecified atom stereocenters. The van der Waals surface area contributed by atoms with Gasteiger partial charge in [-0.1, -0.05) is 12.1 Å². The van der Waals surface area contributed by atoms with Crippen molar-refractivity contribution in [2.24, 2.45) is 4.99 Å². The number of guanidine groups is 1. The van der Waals surface area contributed by atoms with Crippen LogP contribution in [0.4, 0.5) is 4.39 Å². The molecule has 1 aromatic carbocycles. The number of rotatable bonds is 4. The Kier molecular flexibility index (Phi) is 8.39. The highest BCUT2D eigenvalue weighted by molar-refractivity contribution is 14.0. The maximum Gasteiger partial charge on any atom is 0.191 e. The van der Waals surface area contributed by atoms with Gasteiger partial charge in [-0.05, 0) is 43.2 Å². The van der Waals surface area contributed by atoms with E-state index in [9.17, 15) is 4.39 Å². The molecule has 1 aromatic rings. The number of thioether (sulfide) groups is 1. The molecule has 1 aliphatic rings. The second kappa shape index (κ2) is 9.50. The normalized spacial score (nSPS) is 21.8. The van der Waals surface area contributed by atoms with Crippen molar-refractivity contribution in [3.05, 3.63) is 35.6 Å². The second-order valence-electron chi connectivity index (χ2n) is 5.06. The lowest BCUT2D eigenvalue weighted by Crippen LogP contribution is -2.42. The van der Waals surface area contributed by atoms with Crippen molar-refractivity contribution in [3.63, 3.8) is 0 Å². The average molecular weight is 423 g/mol. The van der Waals surface area contributed by atoms with Crippen LogP contribution in [0.25, 0.3) is 0 Å². The smallest absolute Gasteiger partial charge is 0.191 e. The monoisotopic (exact) mass is 423 g/mol.